The maximum atomic E-state index is 12.7. The molecule has 2 aromatic rings. The molecule has 0 heterocycles. The highest BCUT2D eigenvalue weighted by Gasteiger charge is 2.20. The molecule has 0 fully saturated rings. The Kier molecular flexibility index (Phi) is 4.68. The van der Waals surface area contributed by atoms with Gasteiger partial charge in [0, 0.05) is 11.0 Å². The van der Waals surface area contributed by atoms with Crippen molar-refractivity contribution in [3.05, 3.63) is 57.5 Å². The van der Waals surface area contributed by atoms with Crippen molar-refractivity contribution in [3.63, 3.8) is 0 Å². The fourth-order valence-corrected chi connectivity index (χ4v) is 2.54. The van der Waals surface area contributed by atoms with E-state index in [9.17, 15) is 4.79 Å². The standard InChI is InChI=1S/C15H14BrClN2O/c1-2-19(13-9-4-3-8-12(13)18)15(20)10-6-5-7-11(16)14(10)17/h3-9H,2,18H2,1H3. The number of anilines is 2. The first-order chi connectivity index (χ1) is 9.56. The zero-order valence-corrected chi connectivity index (χ0v) is 13.3. The van der Waals surface area contributed by atoms with Gasteiger partial charge in [-0.25, -0.2) is 0 Å². The monoisotopic (exact) mass is 352 g/mol. The van der Waals surface area contributed by atoms with Crippen LogP contribution in [0.4, 0.5) is 11.4 Å². The first-order valence-electron chi connectivity index (χ1n) is 6.16. The molecular formula is C15H14BrClN2O. The molecule has 5 heteroatoms. The van der Waals surface area contributed by atoms with Crippen LogP contribution >= 0.6 is 27.5 Å². The topological polar surface area (TPSA) is 46.3 Å². The molecule has 0 aromatic heterocycles. The van der Waals surface area contributed by atoms with Gasteiger partial charge in [0.05, 0.1) is 22.0 Å². The summed E-state index contributed by atoms with van der Waals surface area (Å²) >= 11 is 9.52. The lowest BCUT2D eigenvalue weighted by atomic mass is 10.1. The summed E-state index contributed by atoms with van der Waals surface area (Å²) in [5, 5.41) is 0.408. The van der Waals surface area contributed by atoms with E-state index in [0.717, 1.165) is 0 Å². The van der Waals surface area contributed by atoms with Crippen LogP contribution in [0.3, 0.4) is 0 Å². The Morgan fingerprint density at radius 1 is 1.25 bits per heavy atom. The van der Waals surface area contributed by atoms with Crippen molar-refractivity contribution in [2.24, 2.45) is 0 Å². The Labute approximate surface area is 131 Å². The highest BCUT2D eigenvalue weighted by atomic mass is 79.9. The van der Waals surface area contributed by atoms with Gasteiger partial charge in [-0.15, -0.1) is 0 Å². The van der Waals surface area contributed by atoms with Gasteiger partial charge in [0.15, 0.2) is 0 Å². The molecule has 0 aliphatic heterocycles. The third kappa shape index (κ3) is 2.81. The van der Waals surface area contributed by atoms with Gasteiger partial charge in [-0.05, 0) is 47.1 Å². The number of benzene rings is 2. The Balaban J connectivity index is 2.45. The summed E-state index contributed by atoms with van der Waals surface area (Å²) in [5.74, 6) is -0.170. The number of nitrogens with zero attached hydrogens (tertiary/aromatic N) is 1. The summed E-state index contributed by atoms with van der Waals surface area (Å²) in [6, 6.07) is 12.6. The Hall–Kier alpha value is -1.52. The van der Waals surface area contributed by atoms with E-state index in [4.69, 9.17) is 17.3 Å². The van der Waals surface area contributed by atoms with Gasteiger partial charge in [0.1, 0.15) is 0 Å². The number of halogens is 2. The second-order valence-corrected chi connectivity index (χ2v) is 5.44. The van der Waals surface area contributed by atoms with E-state index >= 15 is 0 Å². The molecule has 104 valence electrons. The predicted octanol–water partition coefficient (Wildman–Crippen LogP) is 4.35. The lowest BCUT2D eigenvalue weighted by Crippen LogP contribution is -2.31. The number of carbonyl (C=O) groups is 1. The molecule has 0 aliphatic carbocycles. The van der Waals surface area contributed by atoms with Crippen LogP contribution in [0.5, 0.6) is 0 Å². The van der Waals surface area contributed by atoms with Gasteiger partial charge in [0.25, 0.3) is 5.91 Å². The lowest BCUT2D eigenvalue weighted by Gasteiger charge is -2.23. The Bertz CT molecular complexity index is 646. The van der Waals surface area contributed by atoms with Crippen molar-refractivity contribution < 1.29 is 4.79 Å². The SMILES string of the molecule is CCN(C(=O)c1cccc(Br)c1Cl)c1ccccc1N. The number of amides is 1. The number of carbonyl (C=O) groups excluding carboxylic acids is 1. The van der Waals surface area contributed by atoms with Crippen molar-refractivity contribution in [2.75, 3.05) is 17.2 Å². The number of para-hydroxylation sites is 2. The second-order valence-electron chi connectivity index (χ2n) is 4.21. The number of nitrogen functional groups attached to an aromatic ring is 1. The predicted molar refractivity (Wildman–Crippen MR) is 87.4 cm³/mol. The molecule has 0 radical (unpaired) electrons. The van der Waals surface area contributed by atoms with Crippen molar-refractivity contribution >= 4 is 44.8 Å². The second kappa shape index (κ2) is 6.29. The molecule has 0 saturated heterocycles. The molecule has 2 aromatic carbocycles. The molecule has 0 aliphatic rings. The summed E-state index contributed by atoms with van der Waals surface area (Å²) in [5.41, 5.74) is 7.65. The van der Waals surface area contributed by atoms with E-state index in [1.807, 2.05) is 25.1 Å². The minimum absolute atomic E-state index is 0.170. The molecule has 1 amide bonds. The molecule has 0 unspecified atom stereocenters. The lowest BCUT2D eigenvalue weighted by molar-refractivity contribution is 0.0988. The molecule has 0 atom stereocenters. The maximum absolute atomic E-state index is 12.7. The van der Waals surface area contributed by atoms with Gasteiger partial charge >= 0.3 is 0 Å². The van der Waals surface area contributed by atoms with E-state index < -0.39 is 0 Å². The zero-order valence-electron chi connectivity index (χ0n) is 10.9. The molecular weight excluding hydrogens is 340 g/mol. The Morgan fingerprint density at radius 2 is 1.95 bits per heavy atom. The van der Waals surface area contributed by atoms with Crippen LogP contribution < -0.4 is 10.6 Å². The molecule has 2 N–H and O–H groups in total. The van der Waals surface area contributed by atoms with Crippen LogP contribution in [0.1, 0.15) is 17.3 Å². The smallest absolute Gasteiger partial charge is 0.259 e. The van der Waals surface area contributed by atoms with Gasteiger partial charge in [0.2, 0.25) is 0 Å². The normalized spacial score (nSPS) is 10.3. The molecule has 0 bridgehead atoms. The fourth-order valence-electron chi connectivity index (χ4n) is 1.97. The summed E-state index contributed by atoms with van der Waals surface area (Å²) < 4.78 is 0.696. The molecule has 2 rings (SSSR count). The highest BCUT2D eigenvalue weighted by molar-refractivity contribution is 9.10. The summed E-state index contributed by atoms with van der Waals surface area (Å²) in [7, 11) is 0. The molecule has 3 nitrogen and oxygen atoms in total. The van der Waals surface area contributed by atoms with Gasteiger partial charge in [-0.3, -0.25) is 4.79 Å². The van der Waals surface area contributed by atoms with Gasteiger partial charge in [-0.2, -0.15) is 0 Å². The number of hydrogen-bond donors (Lipinski definition) is 1. The first kappa shape index (κ1) is 14.9. The van der Waals surface area contributed by atoms with Crippen LogP contribution in [0, 0.1) is 0 Å². The first-order valence-corrected chi connectivity index (χ1v) is 7.33. The summed E-state index contributed by atoms with van der Waals surface area (Å²) in [4.78, 5) is 14.3. The zero-order chi connectivity index (χ0) is 14.7. The van der Waals surface area contributed by atoms with Crippen LogP contribution in [0.25, 0.3) is 0 Å². The number of nitrogens with two attached hydrogens (primary N) is 1. The summed E-state index contributed by atoms with van der Waals surface area (Å²) in [6.45, 7) is 2.41. The van der Waals surface area contributed by atoms with Crippen LogP contribution in [-0.4, -0.2) is 12.5 Å². The third-order valence-corrected chi connectivity index (χ3v) is 4.27. The largest absolute Gasteiger partial charge is 0.397 e. The van der Waals surface area contributed by atoms with Crippen LogP contribution in [0.15, 0.2) is 46.9 Å². The van der Waals surface area contributed by atoms with Crippen molar-refractivity contribution in [1.29, 1.82) is 0 Å². The number of hydrogen-bond acceptors (Lipinski definition) is 2. The maximum Gasteiger partial charge on any atom is 0.259 e. The molecule has 0 spiro atoms. The average Bonchev–Trinajstić information content (AvgIpc) is 2.44. The van der Waals surface area contributed by atoms with E-state index in [0.29, 0.717) is 33.0 Å². The Morgan fingerprint density at radius 3 is 2.60 bits per heavy atom. The summed E-state index contributed by atoms with van der Waals surface area (Å²) in [6.07, 6.45) is 0. The van der Waals surface area contributed by atoms with Crippen molar-refractivity contribution in [3.8, 4) is 0 Å². The highest BCUT2D eigenvalue weighted by Crippen LogP contribution is 2.30. The quantitative estimate of drug-likeness (QED) is 0.834. The third-order valence-electron chi connectivity index (χ3n) is 2.97. The van der Waals surface area contributed by atoms with Gasteiger partial charge < -0.3 is 10.6 Å². The van der Waals surface area contributed by atoms with E-state index in [1.54, 1.807) is 29.2 Å². The molecule has 0 saturated carbocycles. The minimum Gasteiger partial charge on any atom is -0.397 e. The number of rotatable bonds is 3. The van der Waals surface area contributed by atoms with E-state index in [1.165, 1.54) is 0 Å². The molecule has 20 heavy (non-hydrogen) atoms. The minimum atomic E-state index is -0.170. The van der Waals surface area contributed by atoms with Gasteiger partial charge in [-0.1, -0.05) is 29.8 Å². The fraction of sp³-hybridized carbons (Fsp3) is 0.133. The van der Waals surface area contributed by atoms with Crippen molar-refractivity contribution in [2.45, 2.75) is 6.92 Å². The van der Waals surface area contributed by atoms with Crippen molar-refractivity contribution in [1.82, 2.24) is 0 Å². The van der Waals surface area contributed by atoms with E-state index in [-0.39, 0.29) is 5.91 Å². The van der Waals surface area contributed by atoms with E-state index in [2.05, 4.69) is 15.9 Å². The average molecular weight is 354 g/mol. The van der Waals surface area contributed by atoms with Crippen LogP contribution in [0.2, 0.25) is 5.02 Å². The van der Waals surface area contributed by atoms with Crippen LogP contribution in [-0.2, 0) is 0 Å².